The van der Waals surface area contributed by atoms with E-state index in [0.29, 0.717) is 0 Å². The molecule has 0 fully saturated rings. The molecule has 2 rings (SSSR count). The summed E-state index contributed by atoms with van der Waals surface area (Å²) >= 11 is 0. The van der Waals surface area contributed by atoms with Crippen LogP contribution in [0.15, 0.2) is 18.5 Å². The molecule has 1 N–H and O–H groups in total. The Kier molecular flexibility index (Phi) is 3.09. The number of fused-ring (bicyclic) bond motifs is 1. The van der Waals surface area contributed by atoms with Gasteiger partial charge < -0.3 is 14.2 Å². The van der Waals surface area contributed by atoms with Crippen LogP contribution in [-0.2, 0) is 6.42 Å². The molecule has 5 nitrogen and oxygen atoms in total. The highest BCUT2D eigenvalue weighted by Crippen LogP contribution is 2.25. The van der Waals surface area contributed by atoms with E-state index in [-0.39, 0.29) is 22.7 Å². The number of methoxy groups -OCH3 is 1. The lowest BCUT2D eigenvalue weighted by molar-refractivity contribution is -0.127. The molecule has 0 unspecified atom stereocenters. The van der Waals surface area contributed by atoms with E-state index in [1.165, 1.54) is 23.8 Å². The number of hydrogen-bond acceptors (Lipinski definition) is 3. The number of imidazole rings is 1. The third-order valence-electron chi connectivity index (χ3n) is 2.42. The molecule has 0 saturated heterocycles. The zero-order valence-corrected chi connectivity index (χ0v) is 9.73. The zero-order valence-electron chi connectivity index (χ0n) is 9.73. The van der Waals surface area contributed by atoms with Crippen LogP contribution < -0.4 is 4.74 Å². The van der Waals surface area contributed by atoms with Crippen LogP contribution >= 0.6 is 0 Å². The second kappa shape index (κ2) is 4.45. The van der Waals surface area contributed by atoms with Gasteiger partial charge in [-0.3, -0.25) is 0 Å². The molecule has 0 aromatic carbocycles. The van der Waals surface area contributed by atoms with Crippen LogP contribution in [0.5, 0.6) is 5.75 Å². The SMILES string of the molecule is COc1cc(C(=O)O)cn2cc(CC(F)(F)F)nc12. The number of halogens is 3. The largest absolute Gasteiger partial charge is 0.493 e. The van der Waals surface area contributed by atoms with E-state index in [4.69, 9.17) is 9.84 Å². The minimum atomic E-state index is -4.37. The molecule has 0 aliphatic carbocycles. The summed E-state index contributed by atoms with van der Waals surface area (Å²) in [4.78, 5) is 14.7. The lowest BCUT2D eigenvalue weighted by atomic mass is 10.3. The number of pyridine rings is 1. The Balaban J connectivity index is 2.54. The fraction of sp³-hybridized carbons (Fsp3) is 0.273. The Hall–Kier alpha value is -2.25. The Morgan fingerprint density at radius 3 is 2.68 bits per heavy atom. The summed E-state index contributed by atoms with van der Waals surface area (Å²) in [7, 11) is 1.29. The van der Waals surface area contributed by atoms with Crippen LogP contribution in [-0.4, -0.2) is 33.7 Å². The molecule has 0 atom stereocenters. The van der Waals surface area contributed by atoms with Crippen molar-refractivity contribution in [3.63, 3.8) is 0 Å². The van der Waals surface area contributed by atoms with Crippen molar-refractivity contribution in [3.05, 3.63) is 29.7 Å². The Bertz CT molecular complexity index is 634. The van der Waals surface area contributed by atoms with Gasteiger partial charge >= 0.3 is 12.1 Å². The lowest BCUT2D eigenvalue weighted by Gasteiger charge is -2.03. The summed E-state index contributed by atoms with van der Waals surface area (Å²) in [6.07, 6.45) is -3.23. The first-order valence-electron chi connectivity index (χ1n) is 5.16. The molecule has 2 aromatic rings. The molecule has 102 valence electrons. The van der Waals surface area contributed by atoms with E-state index < -0.39 is 18.6 Å². The Morgan fingerprint density at radius 1 is 1.47 bits per heavy atom. The van der Waals surface area contributed by atoms with Crippen LogP contribution in [0.2, 0.25) is 0 Å². The molecule has 0 spiro atoms. The van der Waals surface area contributed by atoms with Gasteiger partial charge in [0.05, 0.1) is 24.8 Å². The van der Waals surface area contributed by atoms with Gasteiger partial charge in [-0.25, -0.2) is 9.78 Å². The van der Waals surface area contributed by atoms with Crippen molar-refractivity contribution >= 4 is 11.6 Å². The number of carboxylic acids is 1. The van der Waals surface area contributed by atoms with Gasteiger partial charge in [0.25, 0.3) is 0 Å². The highest BCUT2D eigenvalue weighted by molar-refractivity contribution is 5.88. The Morgan fingerprint density at radius 2 is 2.16 bits per heavy atom. The van der Waals surface area contributed by atoms with E-state index in [0.717, 1.165) is 6.20 Å². The monoisotopic (exact) mass is 274 g/mol. The molecule has 2 heterocycles. The quantitative estimate of drug-likeness (QED) is 0.931. The maximum atomic E-state index is 12.3. The minimum Gasteiger partial charge on any atom is -0.493 e. The van der Waals surface area contributed by atoms with Crippen molar-refractivity contribution in [1.29, 1.82) is 0 Å². The van der Waals surface area contributed by atoms with E-state index in [1.54, 1.807) is 0 Å². The number of rotatable bonds is 3. The van der Waals surface area contributed by atoms with Crippen LogP contribution in [0.4, 0.5) is 13.2 Å². The second-order valence-electron chi connectivity index (χ2n) is 3.86. The van der Waals surface area contributed by atoms with Gasteiger partial charge in [-0.05, 0) is 6.07 Å². The molecule has 0 aliphatic rings. The minimum absolute atomic E-state index is 0.0969. The van der Waals surface area contributed by atoms with Crippen molar-refractivity contribution in [3.8, 4) is 5.75 Å². The summed E-state index contributed by atoms with van der Waals surface area (Å²) in [5, 5.41) is 8.89. The van der Waals surface area contributed by atoms with Crippen molar-refractivity contribution in [1.82, 2.24) is 9.38 Å². The first kappa shape index (κ1) is 13.2. The summed E-state index contributed by atoms with van der Waals surface area (Å²) in [5.41, 5.74) is -0.152. The van der Waals surface area contributed by atoms with Crippen LogP contribution in [0.3, 0.4) is 0 Å². The number of hydrogen-bond donors (Lipinski definition) is 1. The highest BCUT2D eigenvalue weighted by atomic mass is 19.4. The van der Waals surface area contributed by atoms with Gasteiger partial charge in [-0.15, -0.1) is 0 Å². The van der Waals surface area contributed by atoms with E-state index in [2.05, 4.69) is 4.98 Å². The number of ether oxygens (including phenoxy) is 1. The standard InChI is InChI=1S/C11H9F3N2O3/c1-19-8-2-6(10(17)18)4-16-5-7(15-9(8)16)3-11(12,13)14/h2,4-5H,3H2,1H3,(H,17,18). The maximum absolute atomic E-state index is 12.3. The fourth-order valence-electron chi connectivity index (χ4n) is 1.68. The van der Waals surface area contributed by atoms with E-state index in [1.807, 2.05) is 0 Å². The average molecular weight is 274 g/mol. The van der Waals surface area contributed by atoms with Crippen LogP contribution in [0.1, 0.15) is 16.1 Å². The van der Waals surface area contributed by atoms with Gasteiger partial charge in [-0.1, -0.05) is 0 Å². The predicted molar refractivity (Wildman–Crippen MR) is 58.5 cm³/mol. The van der Waals surface area contributed by atoms with Crippen LogP contribution in [0.25, 0.3) is 5.65 Å². The smallest absolute Gasteiger partial charge is 0.394 e. The number of carboxylic acid groups (broad SMARTS) is 1. The first-order chi connectivity index (χ1) is 8.80. The summed E-state index contributed by atoms with van der Waals surface area (Å²) in [5.74, 6) is -1.10. The molecule has 0 bridgehead atoms. The van der Waals surface area contributed by atoms with Gasteiger partial charge in [0.2, 0.25) is 0 Å². The normalized spacial score (nSPS) is 11.8. The van der Waals surface area contributed by atoms with Gasteiger partial charge in [0, 0.05) is 12.4 Å². The van der Waals surface area contributed by atoms with Gasteiger partial charge in [-0.2, -0.15) is 13.2 Å². The van der Waals surface area contributed by atoms with Crippen molar-refractivity contribution < 1.29 is 27.8 Å². The number of aromatic carboxylic acids is 1. The molecular formula is C11H9F3N2O3. The predicted octanol–water partition coefficient (Wildman–Crippen LogP) is 2.15. The molecule has 8 heteroatoms. The van der Waals surface area contributed by atoms with Crippen molar-refractivity contribution in [2.45, 2.75) is 12.6 Å². The molecule has 2 aromatic heterocycles. The van der Waals surface area contributed by atoms with Gasteiger partial charge in [0.15, 0.2) is 11.4 Å². The maximum Gasteiger partial charge on any atom is 0.394 e. The molecule has 0 radical (unpaired) electrons. The number of carbonyl (C=O) groups is 1. The number of alkyl halides is 3. The number of aromatic nitrogens is 2. The Labute approximate surface area is 105 Å². The zero-order chi connectivity index (χ0) is 14.2. The average Bonchev–Trinajstić information content (AvgIpc) is 2.66. The second-order valence-corrected chi connectivity index (χ2v) is 3.86. The number of nitrogens with zero attached hydrogens (tertiary/aromatic N) is 2. The summed E-state index contributed by atoms with van der Waals surface area (Å²) in [6, 6.07) is 1.21. The molecule has 0 saturated carbocycles. The molecule has 0 aliphatic heterocycles. The summed E-state index contributed by atoms with van der Waals surface area (Å²) < 4.78 is 43.0. The molecule has 0 amide bonds. The van der Waals surface area contributed by atoms with Crippen molar-refractivity contribution in [2.24, 2.45) is 0 Å². The van der Waals surface area contributed by atoms with Gasteiger partial charge in [0.1, 0.15) is 0 Å². The van der Waals surface area contributed by atoms with Crippen molar-refractivity contribution in [2.75, 3.05) is 7.11 Å². The highest BCUT2D eigenvalue weighted by Gasteiger charge is 2.29. The topological polar surface area (TPSA) is 63.8 Å². The third kappa shape index (κ3) is 2.78. The summed E-state index contributed by atoms with van der Waals surface area (Å²) in [6.45, 7) is 0. The van der Waals surface area contributed by atoms with E-state index >= 15 is 0 Å². The first-order valence-corrected chi connectivity index (χ1v) is 5.16. The third-order valence-corrected chi connectivity index (χ3v) is 2.42. The molecular weight excluding hydrogens is 265 g/mol. The fourth-order valence-corrected chi connectivity index (χ4v) is 1.68. The van der Waals surface area contributed by atoms with Crippen LogP contribution in [0, 0.1) is 0 Å². The lowest BCUT2D eigenvalue weighted by Crippen LogP contribution is -2.11. The van der Waals surface area contributed by atoms with E-state index in [9.17, 15) is 18.0 Å². The molecule has 19 heavy (non-hydrogen) atoms.